The second-order valence-corrected chi connectivity index (χ2v) is 7.28. The van der Waals surface area contributed by atoms with Crippen LogP contribution >= 0.6 is 27.5 Å². The van der Waals surface area contributed by atoms with Crippen molar-refractivity contribution in [3.05, 3.63) is 57.0 Å². The molecule has 1 N–H and O–H groups in total. The lowest BCUT2D eigenvalue weighted by atomic mass is 10.1. The fourth-order valence-corrected chi connectivity index (χ4v) is 3.08. The van der Waals surface area contributed by atoms with E-state index in [2.05, 4.69) is 41.2 Å². The van der Waals surface area contributed by atoms with E-state index >= 15 is 0 Å². The molecule has 0 fully saturated rings. The maximum absolute atomic E-state index is 6.18. The first-order chi connectivity index (χ1) is 11.5. The topological polar surface area (TPSA) is 30.5 Å². The number of rotatable bonds is 8. The van der Waals surface area contributed by atoms with Crippen LogP contribution in [0.1, 0.15) is 25.0 Å². The summed E-state index contributed by atoms with van der Waals surface area (Å²) in [5.41, 5.74) is 2.08. The zero-order chi connectivity index (χ0) is 17.5. The molecule has 24 heavy (non-hydrogen) atoms. The second kappa shape index (κ2) is 9.30. The molecule has 2 rings (SSSR count). The van der Waals surface area contributed by atoms with Crippen molar-refractivity contribution in [3.8, 4) is 11.5 Å². The largest absolute Gasteiger partial charge is 0.493 e. The van der Waals surface area contributed by atoms with E-state index in [9.17, 15) is 0 Å². The Hall–Kier alpha value is -1.23. The summed E-state index contributed by atoms with van der Waals surface area (Å²) in [4.78, 5) is 0. The van der Waals surface area contributed by atoms with Crippen LogP contribution in [0.4, 0.5) is 0 Å². The summed E-state index contributed by atoms with van der Waals surface area (Å²) in [6, 6.07) is 11.7. The van der Waals surface area contributed by atoms with Gasteiger partial charge in [-0.15, -0.1) is 0 Å². The van der Waals surface area contributed by atoms with E-state index in [0.29, 0.717) is 29.0 Å². The molecule has 0 saturated carbocycles. The van der Waals surface area contributed by atoms with Crippen molar-refractivity contribution < 1.29 is 9.47 Å². The Labute approximate surface area is 157 Å². The predicted octanol–water partition coefficient (Wildman–Crippen LogP) is 5.44. The summed E-state index contributed by atoms with van der Waals surface area (Å²) < 4.78 is 12.3. The highest BCUT2D eigenvalue weighted by atomic mass is 79.9. The number of ether oxygens (including phenoxy) is 2. The molecule has 0 aliphatic rings. The van der Waals surface area contributed by atoms with E-state index in [0.717, 1.165) is 28.7 Å². The smallest absolute Gasteiger partial charge is 0.175 e. The van der Waals surface area contributed by atoms with Gasteiger partial charge in [0.2, 0.25) is 0 Å². The molecule has 3 nitrogen and oxygen atoms in total. The zero-order valence-corrected chi connectivity index (χ0v) is 16.6. The van der Waals surface area contributed by atoms with Crippen LogP contribution in [0.5, 0.6) is 11.5 Å². The summed E-state index contributed by atoms with van der Waals surface area (Å²) in [7, 11) is 1.65. The van der Waals surface area contributed by atoms with E-state index < -0.39 is 0 Å². The van der Waals surface area contributed by atoms with Gasteiger partial charge in [0.15, 0.2) is 11.5 Å². The van der Waals surface area contributed by atoms with Gasteiger partial charge in [0.05, 0.1) is 11.6 Å². The molecule has 0 heterocycles. The third-order valence-corrected chi connectivity index (χ3v) is 4.46. The number of hydrogen-bond acceptors (Lipinski definition) is 3. The molecule has 0 bridgehead atoms. The fourth-order valence-electron chi connectivity index (χ4n) is 2.29. The number of nitrogens with one attached hydrogen (secondary N) is 1. The van der Waals surface area contributed by atoms with Crippen LogP contribution in [0, 0.1) is 5.92 Å². The Bertz CT molecular complexity index is 676. The van der Waals surface area contributed by atoms with Gasteiger partial charge >= 0.3 is 0 Å². The highest BCUT2D eigenvalue weighted by Gasteiger charge is 2.13. The van der Waals surface area contributed by atoms with Crippen LogP contribution in [0.2, 0.25) is 5.02 Å². The highest BCUT2D eigenvalue weighted by molar-refractivity contribution is 9.10. The number of halogens is 2. The molecule has 0 aromatic heterocycles. The Morgan fingerprint density at radius 2 is 1.96 bits per heavy atom. The highest BCUT2D eigenvalue weighted by Crippen LogP contribution is 2.37. The third kappa shape index (κ3) is 5.40. The van der Waals surface area contributed by atoms with Crippen molar-refractivity contribution in [2.24, 2.45) is 5.92 Å². The molecule has 2 aromatic rings. The Kier molecular flexibility index (Phi) is 7.40. The summed E-state index contributed by atoms with van der Waals surface area (Å²) in [6.07, 6.45) is 0. The molecule has 0 radical (unpaired) electrons. The van der Waals surface area contributed by atoms with Crippen molar-refractivity contribution in [2.45, 2.75) is 27.0 Å². The van der Waals surface area contributed by atoms with Crippen molar-refractivity contribution in [1.82, 2.24) is 5.32 Å². The Morgan fingerprint density at radius 3 is 2.62 bits per heavy atom. The van der Waals surface area contributed by atoms with Gasteiger partial charge < -0.3 is 14.8 Å². The van der Waals surface area contributed by atoms with Gasteiger partial charge in [-0.1, -0.05) is 43.6 Å². The van der Waals surface area contributed by atoms with E-state index in [1.165, 1.54) is 0 Å². The normalized spacial score (nSPS) is 10.9. The van der Waals surface area contributed by atoms with Gasteiger partial charge in [-0.3, -0.25) is 0 Å². The monoisotopic (exact) mass is 411 g/mol. The summed E-state index contributed by atoms with van der Waals surface area (Å²) >= 11 is 9.77. The maximum Gasteiger partial charge on any atom is 0.175 e. The molecular formula is C19H23BrClNO2. The van der Waals surface area contributed by atoms with Gasteiger partial charge in [-0.25, -0.2) is 0 Å². The minimum atomic E-state index is 0.388. The second-order valence-electron chi connectivity index (χ2n) is 6.01. The zero-order valence-electron chi connectivity index (χ0n) is 14.2. The molecule has 0 atom stereocenters. The lowest BCUT2D eigenvalue weighted by Crippen LogP contribution is -2.19. The molecule has 5 heteroatoms. The molecule has 0 unspecified atom stereocenters. The summed E-state index contributed by atoms with van der Waals surface area (Å²) in [6.45, 7) is 6.53. The van der Waals surface area contributed by atoms with Crippen molar-refractivity contribution in [1.29, 1.82) is 0 Å². The van der Waals surface area contributed by atoms with Crippen LogP contribution in [-0.2, 0) is 13.2 Å². The molecule has 130 valence electrons. The quantitative estimate of drug-likeness (QED) is 0.626. The van der Waals surface area contributed by atoms with Crippen LogP contribution in [0.15, 0.2) is 40.9 Å². The van der Waals surface area contributed by atoms with Crippen molar-refractivity contribution in [3.63, 3.8) is 0 Å². The van der Waals surface area contributed by atoms with E-state index in [4.69, 9.17) is 21.1 Å². The van der Waals surface area contributed by atoms with E-state index in [-0.39, 0.29) is 0 Å². The average molecular weight is 413 g/mol. The SMILES string of the molecule is COc1cc(CNCC(C)C)cc(Br)c1OCc1ccccc1Cl. The molecule has 2 aromatic carbocycles. The molecular weight excluding hydrogens is 390 g/mol. The van der Waals surface area contributed by atoms with E-state index in [1.807, 2.05) is 30.3 Å². The van der Waals surface area contributed by atoms with Gasteiger partial charge in [0, 0.05) is 17.1 Å². The molecule has 0 amide bonds. The molecule has 0 aliphatic carbocycles. The van der Waals surface area contributed by atoms with Crippen LogP contribution in [-0.4, -0.2) is 13.7 Å². The first kappa shape index (κ1) is 19.1. The summed E-state index contributed by atoms with van der Waals surface area (Å²) in [5, 5.41) is 4.13. The van der Waals surface area contributed by atoms with Crippen LogP contribution in [0.3, 0.4) is 0 Å². The maximum atomic E-state index is 6.18. The predicted molar refractivity (Wildman–Crippen MR) is 103 cm³/mol. The first-order valence-electron chi connectivity index (χ1n) is 7.94. The average Bonchev–Trinajstić information content (AvgIpc) is 2.54. The number of methoxy groups -OCH3 is 1. The Morgan fingerprint density at radius 1 is 1.21 bits per heavy atom. The Balaban J connectivity index is 2.10. The van der Waals surface area contributed by atoms with Crippen LogP contribution in [0.25, 0.3) is 0 Å². The molecule has 0 spiro atoms. The fraction of sp³-hybridized carbons (Fsp3) is 0.368. The van der Waals surface area contributed by atoms with Gasteiger partial charge in [-0.05, 0) is 52.2 Å². The minimum Gasteiger partial charge on any atom is -0.493 e. The lowest BCUT2D eigenvalue weighted by molar-refractivity contribution is 0.282. The van der Waals surface area contributed by atoms with Crippen molar-refractivity contribution in [2.75, 3.05) is 13.7 Å². The van der Waals surface area contributed by atoms with E-state index in [1.54, 1.807) is 7.11 Å². The van der Waals surface area contributed by atoms with Crippen molar-refractivity contribution >= 4 is 27.5 Å². The van der Waals surface area contributed by atoms with Crippen LogP contribution < -0.4 is 14.8 Å². The van der Waals surface area contributed by atoms with Gasteiger partial charge in [-0.2, -0.15) is 0 Å². The van der Waals surface area contributed by atoms with Gasteiger partial charge in [0.1, 0.15) is 6.61 Å². The summed E-state index contributed by atoms with van der Waals surface area (Å²) in [5.74, 6) is 2.01. The number of hydrogen-bond donors (Lipinski definition) is 1. The standard InChI is InChI=1S/C19H23BrClNO2/c1-13(2)10-22-11-14-8-16(20)19(18(9-14)23-3)24-12-15-6-4-5-7-17(15)21/h4-9,13,22H,10-12H2,1-3H3. The first-order valence-corrected chi connectivity index (χ1v) is 9.11. The third-order valence-electron chi connectivity index (χ3n) is 3.50. The molecule has 0 saturated heterocycles. The van der Waals surface area contributed by atoms with Gasteiger partial charge in [0.25, 0.3) is 0 Å². The number of benzene rings is 2. The lowest BCUT2D eigenvalue weighted by Gasteiger charge is -2.15. The minimum absolute atomic E-state index is 0.388. The molecule has 0 aliphatic heterocycles.